The van der Waals surface area contributed by atoms with Crippen LogP contribution in [0, 0.1) is 16.7 Å². The molecule has 0 aliphatic heterocycles. The molecule has 1 nitrogen and oxygen atoms in total. The van der Waals surface area contributed by atoms with Crippen molar-refractivity contribution in [3.63, 3.8) is 0 Å². The van der Waals surface area contributed by atoms with Gasteiger partial charge >= 0.3 is 0 Å². The summed E-state index contributed by atoms with van der Waals surface area (Å²) in [5.41, 5.74) is 1.16. The first-order valence-electron chi connectivity index (χ1n) is 6.62. The van der Waals surface area contributed by atoms with Crippen molar-refractivity contribution >= 4 is 5.78 Å². The van der Waals surface area contributed by atoms with E-state index in [4.69, 9.17) is 0 Å². The van der Waals surface area contributed by atoms with Crippen LogP contribution in [0.25, 0.3) is 0 Å². The summed E-state index contributed by atoms with van der Waals surface area (Å²) in [7, 11) is 0. The standard InChI is InChI=1S/C15H24O/c1-11-6-9-15(12(2)10-11)8-5-7-14(3,4)13(15)16/h10-11H,5-9H2,1-4H3. The van der Waals surface area contributed by atoms with Gasteiger partial charge in [0.05, 0.1) is 5.41 Å². The van der Waals surface area contributed by atoms with Gasteiger partial charge in [0.1, 0.15) is 5.78 Å². The highest BCUT2D eigenvalue weighted by atomic mass is 16.1. The van der Waals surface area contributed by atoms with Crippen molar-refractivity contribution in [2.75, 3.05) is 0 Å². The summed E-state index contributed by atoms with van der Waals surface area (Å²) in [5, 5.41) is 0. The number of allylic oxidation sites excluding steroid dienone is 2. The third-order valence-electron chi connectivity index (χ3n) is 4.77. The topological polar surface area (TPSA) is 17.1 Å². The van der Waals surface area contributed by atoms with E-state index in [2.05, 4.69) is 33.8 Å². The maximum atomic E-state index is 12.7. The molecule has 2 aliphatic carbocycles. The molecular formula is C15H24O. The van der Waals surface area contributed by atoms with Gasteiger partial charge in [0, 0.05) is 5.41 Å². The number of carbonyl (C=O) groups is 1. The fourth-order valence-electron chi connectivity index (χ4n) is 3.66. The first-order chi connectivity index (χ1) is 7.38. The summed E-state index contributed by atoms with van der Waals surface area (Å²) < 4.78 is 0. The molecule has 0 radical (unpaired) electrons. The third-order valence-corrected chi connectivity index (χ3v) is 4.77. The van der Waals surface area contributed by atoms with Crippen molar-refractivity contribution in [2.45, 2.75) is 59.8 Å². The Morgan fingerprint density at radius 1 is 1.25 bits per heavy atom. The SMILES string of the molecule is CC1=CC(C)CCC12CCCC(C)(C)C2=O. The summed E-state index contributed by atoms with van der Waals surface area (Å²) in [6.45, 7) is 8.69. The van der Waals surface area contributed by atoms with Gasteiger partial charge in [-0.3, -0.25) is 4.79 Å². The van der Waals surface area contributed by atoms with Crippen LogP contribution in [0.3, 0.4) is 0 Å². The van der Waals surface area contributed by atoms with E-state index in [1.54, 1.807) is 0 Å². The highest BCUT2D eigenvalue weighted by molar-refractivity contribution is 5.93. The van der Waals surface area contributed by atoms with Crippen LogP contribution in [0.1, 0.15) is 59.8 Å². The maximum Gasteiger partial charge on any atom is 0.148 e. The van der Waals surface area contributed by atoms with Crippen molar-refractivity contribution in [3.8, 4) is 0 Å². The molecular weight excluding hydrogens is 196 g/mol. The van der Waals surface area contributed by atoms with E-state index in [0.29, 0.717) is 11.7 Å². The zero-order valence-electron chi connectivity index (χ0n) is 11.1. The number of carbonyl (C=O) groups excluding carboxylic acids is 1. The molecule has 90 valence electrons. The molecule has 2 atom stereocenters. The van der Waals surface area contributed by atoms with E-state index in [0.717, 1.165) is 19.3 Å². The second-order valence-corrected chi connectivity index (χ2v) is 6.51. The van der Waals surface area contributed by atoms with Crippen LogP contribution in [0.2, 0.25) is 0 Å². The molecule has 1 heteroatoms. The predicted molar refractivity (Wildman–Crippen MR) is 67.2 cm³/mol. The zero-order chi connectivity index (χ0) is 12.0. The fourth-order valence-corrected chi connectivity index (χ4v) is 3.66. The van der Waals surface area contributed by atoms with E-state index in [9.17, 15) is 4.79 Å². The Morgan fingerprint density at radius 3 is 2.56 bits per heavy atom. The second kappa shape index (κ2) is 3.72. The maximum absolute atomic E-state index is 12.7. The van der Waals surface area contributed by atoms with Crippen LogP contribution in [-0.4, -0.2) is 5.78 Å². The first-order valence-corrected chi connectivity index (χ1v) is 6.62. The first kappa shape index (κ1) is 11.9. The van der Waals surface area contributed by atoms with Crippen molar-refractivity contribution in [1.82, 2.24) is 0 Å². The average Bonchev–Trinajstić information content (AvgIpc) is 2.19. The van der Waals surface area contributed by atoms with Gasteiger partial charge in [-0.15, -0.1) is 0 Å². The van der Waals surface area contributed by atoms with Crippen molar-refractivity contribution in [2.24, 2.45) is 16.7 Å². The van der Waals surface area contributed by atoms with E-state index >= 15 is 0 Å². The van der Waals surface area contributed by atoms with Crippen LogP contribution in [-0.2, 0) is 4.79 Å². The van der Waals surface area contributed by atoms with Gasteiger partial charge in [0.25, 0.3) is 0 Å². The average molecular weight is 220 g/mol. The zero-order valence-corrected chi connectivity index (χ0v) is 11.1. The largest absolute Gasteiger partial charge is 0.298 e. The number of hydrogen-bond acceptors (Lipinski definition) is 1. The second-order valence-electron chi connectivity index (χ2n) is 6.51. The normalized spacial score (nSPS) is 38.6. The van der Waals surface area contributed by atoms with E-state index in [-0.39, 0.29) is 10.8 Å². The van der Waals surface area contributed by atoms with E-state index in [1.807, 2.05) is 0 Å². The minimum Gasteiger partial charge on any atom is -0.298 e. The Kier molecular flexibility index (Phi) is 2.76. The van der Waals surface area contributed by atoms with Gasteiger partial charge in [0.15, 0.2) is 0 Å². The third kappa shape index (κ3) is 1.65. The molecule has 0 aromatic carbocycles. The lowest BCUT2D eigenvalue weighted by molar-refractivity contribution is -0.140. The van der Waals surface area contributed by atoms with Gasteiger partial charge in [-0.25, -0.2) is 0 Å². The highest BCUT2D eigenvalue weighted by Gasteiger charge is 2.50. The summed E-state index contributed by atoms with van der Waals surface area (Å²) in [6.07, 6.45) is 7.96. The monoisotopic (exact) mass is 220 g/mol. The van der Waals surface area contributed by atoms with Gasteiger partial charge in [0.2, 0.25) is 0 Å². The molecule has 0 aromatic rings. The number of Topliss-reactive ketones (excluding diaryl/α,β-unsaturated/α-hetero) is 1. The summed E-state index contributed by atoms with van der Waals surface area (Å²) in [5.74, 6) is 1.16. The molecule has 0 amide bonds. The predicted octanol–water partition coefficient (Wildman–Crippen LogP) is 4.13. The van der Waals surface area contributed by atoms with Crippen LogP contribution in [0.15, 0.2) is 11.6 Å². The van der Waals surface area contributed by atoms with E-state index in [1.165, 1.54) is 18.4 Å². The van der Waals surface area contributed by atoms with Crippen LogP contribution in [0.4, 0.5) is 0 Å². The fraction of sp³-hybridized carbons (Fsp3) is 0.800. The molecule has 2 unspecified atom stereocenters. The molecule has 1 fully saturated rings. The lowest BCUT2D eigenvalue weighted by Gasteiger charge is -2.46. The molecule has 0 bridgehead atoms. The lowest BCUT2D eigenvalue weighted by Crippen LogP contribution is -2.46. The van der Waals surface area contributed by atoms with Gasteiger partial charge < -0.3 is 0 Å². The summed E-state index contributed by atoms with van der Waals surface area (Å²) >= 11 is 0. The minimum atomic E-state index is -0.103. The minimum absolute atomic E-state index is 0.0890. The number of rotatable bonds is 0. The highest BCUT2D eigenvalue weighted by Crippen LogP contribution is 2.52. The molecule has 0 saturated heterocycles. The molecule has 0 aromatic heterocycles. The van der Waals surface area contributed by atoms with Gasteiger partial charge in [-0.2, -0.15) is 0 Å². The molecule has 0 heterocycles. The smallest absolute Gasteiger partial charge is 0.148 e. The molecule has 1 spiro atoms. The van der Waals surface area contributed by atoms with Crippen LogP contribution >= 0.6 is 0 Å². The quantitative estimate of drug-likeness (QED) is 0.561. The Labute approximate surface area is 99.3 Å². The number of ketones is 1. The van der Waals surface area contributed by atoms with Gasteiger partial charge in [-0.05, 0) is 38.5 Å². The molecule has 16 heavy (non-hydrogen) atoms. The van der Waals surface area contributed by atoms with Crippen molar-refractivity contribution < 1.29 is 4.79 Å². The Hall–Kier alpha value is -0.590. The summed E-state index contributed by atoms with van der Waals surface area (Å²) in [4.78, 5) is 12.7. The van der Waals surface area contributed by atoms with Crippen molar-refractivity contribution in [1.29, 1.82) is 0 Å². The lowest BCUT2D eigenvalue weighted by atomic mass is 9.56. The molecule has 2 rings (SSSR count). The number of hydrogen-bond donors (Lipinski definition) is 0. The van der Waals surface area contributed by atoms with Crippen LogP contribution in [0.5, 0.6) is 0 Å². The Balaban J connectivity index is 2.38. The molecule has 0 N–H and O–H groups in total. The van der Waals surface area contributed by atoms with E-state index < -0.39 is 0 Å². The summed E-state index contributed by atoms with van der Waals surface area (Å²) in [6, 6.07) is 0. The Morgan fingerprint density at radius 2 is 1.94 bits per heavy atom. The molecule has 1 saturated carbocycles. The molecule has 2 aliphatic rings. The Bertz CT molecular complexity index is 337. The van der Waals surface area contributed by atoms with Gasteiger partial charge in [-0.1, -0.05) is 38.8 Å². The van der Waals surface area contributed by atoms with Crippen LogP contribution < -0.4 is 0 Å². The van der Waals surface area contributed by atoms with Crippen molar-refractivity contribution in [3.05, 3.63) is 11.6 Å².